The van der Waals surface area contributed by atoms with E-state index < -0.39 is 0 Å². The van der Waals surface area contributed by atoms with E-state index in [0.717, 1.165) is 32.5 Å². The van der Waals surface area contributed by atoms with Crippen LogP contribution in [0, 0.1) is 5.92 Å². The number of nitrogens with zero attached hydrogens (tertiary/aromatic N) is 3. The van der Waals surface area contributed by atoms with Crippen molar-refractivity contribution in [2.45, 2.75) is 59.9 Å². The highest BCUT2D eigenvalue weighted by Crippen LogP contribution is 2.17. The topological polar surface area (TPSA) is 94.6 Å². The number of carbonyl (C=O) groups excluding carboxylic acids is 3. The zero-order valence-electron chi connectivity index (χ0n) is 22.6. The van der Waals surface area contributed by atoms with E-state index in [1.54, 1.807) is 29.6 Å². The largest absolute Gasteiger partial charge is 0.353 e. The average molecular weight is 550 g/mol. The first-order chi connectivity index (χ1) is 17.6. The van der Waals surface area contributed by atoms with Gasteiger partial charge in [0.15, 0.2) is 5.13 Å². The van der Waals surface area contributed by atoms with E-state index in [0.29, 0.717) is 28.0 Å². The maximum Gasteiger partial charge on any atom is 0.254 e. The summed E-state index contributed by atoms with van der Waals surface area (Å²) >= 11 is 7.19. The Kier molecular flexibility index (Phi) is 13.0. The van der Waals surface area contributed by atoms with Crippen molar-refractivity contribution >= 4 is 45.8 Å². The van der Waals surface area contributed by atoms with Crippen LogP contribution in [0.25, 0.3) is 0 Å². The molecule has 0 saturated heterocycles. The molecule has 8 nitrogen and oxygen atoms in total. The van der Waals surface area contributed by atoms with Gasteiger partial charge in [0.05, 0.1) is 12.1 Å². The first kappa shape index (κ1) is 30.7. The lowest BCUT2D eigenvalue weighted by Crippen LogP contribution is -2.40. The van der Waals surface area contributed by atoms with Crippen LogP contribution >= 0.6 is 22.9 Å². The van der Waals surface area contributed by atoms with Gasteiger partial charge in [-0.1, -0.05) is 39.3 Å². The summed E-state index contributed by atoms with van der Waals surface area (Å²) in [6, 6.07) is 6.71. The normalized spacial score (nSPS) is 12.0. The van der Waals surface area contributed by atoms with Gasteiger partial charge in [-0.2, -0.15) is 0 Å². The van der Waals surface area contributed by atoms with Gasteiger partial charge in [-0.25, -0.2) is 4.98 Å². The minimum absolute atomic E-state index is 0.0878. The van der Waals surface area contributed by atoms with Gasteiger partial charge >= 0.3 is 0 Å². The van der Waals surface area contributed by atoms with Crippen LogP contribution < -0.4 is 10.6 Å². The fourth-order valence-corrected chi connectivity index (χ4v) is 4.79. The van der Waals surface area contributed by atoms with Crippen LogP contribution in [-0.2, 0) is 16.0 Å². The molecule has 37 heavy (non-hydrogen) atoms. The maximum atomic E-state index is 13.0. The Balaban J connectivity index is 1.86. The lowest BCUT2D eigenvalue weighted by molar-refractivity contribution is -0.121. The molecular weight excluding hydrogens is 510 g/mol. The summed E-state index contributed by atoms with van der Waals surface area (Å²) in [4.78, 5) is 46.4. The Morgan fingerprint density at radius 1 is 1.05 bits per heavy atom. The lowest BCUT2D eigenvalue weighted by atomic mass is 10.1. The molecule has 0 saturated carbocycles. The lowest BCUT2D eigenvalue weighted by Gasteiger charge is -2.24. The van der Waals surface area contributed by atoms with Crippen LogP contribution in [0.2, 0.25) is 5.02 Å². The standard InChI is InChI=1S/C27H40ClN5O3S/c1-6-32(7-2)14-8-9-20(5)29-24(34)15-23-18-37-27(30-23)31-25(35)17-33(16-19(3)4)26(36)21-10-12-22(28)13-11-21/h10-13,18-20H,6-9,14-17H2,1-5H3,(H,29,34)(H,30,31,35). The van der Waals surface area contributed by atoms with E-state index in [1.165, 1.54) is 16.2 Å². The molecule has 1 atom stereocenters. The van der Waals surface area contributed by atoms with Crippen LogP contribution in [0.1, 0.15) is 63.5 Å². The molecule has 10 heteroatoms. The second-order valence-corrected chi connectivity index (χ2v) is 10.9. The third kappa shape index (κ3) is 11.2. The summed E-state index contributed by atoms with van der Waals surface area (Å²) in [5, 5.41) is 8.51. The molecule has 0 aliphatic heterocycles. The second-order valence-electron chi connectivity index (χ2n) is 9.59. The highest BCUT2D eigenvalue weighted by atomic mass is 35.5. The van der Waals surface area contributed by atoms with E-state index in [2.05, 4.69) is 34.4 Å². The predicted octanol–water partition coefficient (Wildman–Crippen LogP) is 4.70. The Bertz CT molecular complexity index is 1010. The number of carbonyl (C=O) groups is 3. The molecule has 0 aliphatic rings. The molecule has 3 amide bonds. The highest BCUT2D eigenvalue weighted by Gasteiger charge is 2.21. The van der Waals surface area contributed by atoms with E-state index in [-0.39, 0.29) is 42.6 Å². The molecular formula is C27H40ClN5O3S. The van der Waals surface area contributed by atoms with Crippen LogP contribution in [0.3, 0.4) is 0 Å². The van der Waals surface area contributed by atoms with Gasteiger partial charge in [0, 0.05) is 28.6 Å². The van der Waals surface area contributed by atoms with E-state index >= 15 is 0 Å². The molecule has 0 bridgehead atoms. The van der Waals surface area contributed by atoms with Crippen LogP contribution in [0.5, 0.6) is 0 Å². The van der Waals surface area contributed by atoms with Gasteiger partial charge in [-0.15, -0.1) is 11.3 Å². The van der Waals surface area contributed by atoms with Gasteiger partial charge in [0.2, 0.25) is 11.8 Å². The summed E-state index contributed by atoms with van der Waals surface area (Å²) in [6.07, 6.45) is 2.11. The Morgan fingerprint density at radius 3 is 2.35 bits per heavy atom. The minimum Gasteiger partial charge on any atom is -0.353 e. The third-order valence-electron chi connectivity index (χ3n) is 5.85. The second kappa shape index (κ2) is 15.7. The van der Waals surface area contributed by atoms with Crippen molar-refractivity contribution in [3.05, 3.63) is 45.9 Å². The Morgan fingerprint density at radius 2 is 1.73 bits per heavy atom. The van der Waals surface area contributed by atoms with Crippen LogP contribution in [-0.4, -0.2) is 71.3 Å². The molecule has 0 aliphatic carbocycles. The van der Waals surface area contributed by atoms with E-state index in [4.69, 9.17) is 11.6 Å². The van der Waals surface area contributed by atoms with E-state index in [9.17, 15) is 14.4 Å². The number of rotatable bonds is 15. The quantitative estimate of drug-likeness (QED) is 0.336. The number of aromatic nitrogens is 1. The number of benzene rings is 1. The Hall–Kier alpha value is -2.49. The molecule has 2 aromatic rings. The summed E-state index contributed by atoms with van der Waals surface area (Å²) in [5.74, 6) is -0.470. The molecule has 1 aromatic heterocycles. The molecule has 0 fully saturated rings. The van der Waals surface area contributed by atoms with Crippen molar-refractivity contribution in [3.8, 4) is 0 Å². The van der Waals surface area contributed by atoms with Gasteiger partial charge < -0.3 is 20.4 Å². The number of amides is 3. The van der Waals surface area contributed by atoms with Crippen molar-refractivity contribution in [2.24, 2.45) is 5.92 Å². The van der Waals surface area contributed by atoms with Crippen LogP contribution in [0.15, 0.2) is 29.6 Å². The minimum atomic E-state index is -0.338. The maximum absolute atomic E-state index is 13.0. The zero-order valence-corrected chi connectivity index (χ0v) is 24.1. The van der Waals surface area contributed by atoms with Gasteiger partial charge in [0.25, 0.3) is 5.91 Å². The summed E-state index contributed by atoms with van der Waals surface area (Å²) in [7, 11) is 0. The van der Waals surface area contributed by atoms with Crippen molar-refractivity contribution in [1.82, 2.24) is 20.1 Å². The fraction of sp³-hybridized carbons (Fsp3) is 0.556. The number of anilines is 1. The number of hydrogen-bond donors (Lipinski definition) is 2. The molecule has 1 aromatic carbocycles. The monoisotopic (exact) mass is 549 g/mol. The highest BCUT2D eigenvalue weighted by molar-refractivity contribution is 7.13. The molecule has 204 valence electrons. The first-order valence-corrected chi connectivity index (χ1v) is 14.2. The van der Waals surface area contributed by atoms with Crippen molar-refractivity contribution in [2.75, 3.05) is 38.0 Å². The van der Waals surface area contributed by atoms with E-state index in [1.807, 2.05) is 20.8 Å². The SMILES string of the molecule is CCN(CC)CCCC(C)NC(=O)Cc1csc(NC(=O)CN(CC(C)C)C(=O)c2ccc(Cl)cc2)n1. The molecule has 1 unspecified atom stereocenters. The van der Waals surface area contributed by atoms with Gasteiger partial charge in [0.1, 0.15) is 6.54 Å². The van der Waals surface area contributed by atoms with Crippen LogP contribution in [0.4, 0.5) is 5.13 Å². The molecule has 2 N–H and O–H groups in total. The zero-order chi connectivity index (χ0) is 27.4. The fourth-order valence-electron chi connectivity index (χ4n) is 3.94. The van der Waals surface area contributed by atoms with Gasteiger partial charge in [-0.05, 0) is 69.6 Å². The molecule has 1 heterocycles. The summed E-state index contributed by atoms with van der Waals surface area (Å²) in [6.45, 7) is 13.7. The van der Waals surface area contributed by atoms with Crippen molar-refractivity contribution in [1.29, 1.82) is 0 Å². The third-order valence-corrected chi connectivity index (χ3v) is 6.91. The molecule has 2 rings (SSSR count). The van der Waals surface area contributed by atoms with Gasteiger partial charge in [-0.3, -0.25) is 14.4 Å². The molecule has 0 spiro atoms. The first-order valence-electron chi connectivity index (χ1n) is 12.9. The number of hydrogen-bond acceptors (Lipinski definition) is 6. The predicted molar refractivity (Wildman–Crippen MR) is 151 cm³/mol. The number of halogens is 1. The van der Waals surface area contributed by atoms with Crippen molar-refractivity contribution in [3.63, 3.8) is 0 Å². The Labute approximate surface area is 229 Å². The number of nitrogens with one attached hydrogen (secondary N) is 2. The smallest absolute Gasteiger partial charge is 0.254 e. The molecule has 0 radical (unpaired) electrons. The number of thiazole rings is 1. The van der Waals surface area contributed by atoms with Crippen molar-refractivity contribution < 1.29 is 14.4 Å². The average Bonchev–Trinajstić information content (AvgIpc) is 3.27. The summed E-state index contributed by atoms with van der Waals surface area (Å²) < 4.78 is 0. The summed E-state index contributed by atoms with van der Waals surface area (Å²) in [5.41, 5.74) is 1.08.